The number of amides is 1. The van der Waals surface area contributed by atoms with Crippen molar-refractivity contribution < 1.29 is 9.18 Å². The van der Waals surface area contributed by atoms with E-state index in [-0.39, 0.29) is 23.8 Å². The summed E-state index contributed by atoms with van der Waals surface area (Å²) in [7, 11) is 0. The van der Waals surface area contributed by atoms with Gasteiger partial charge in [-0.3, -0.25) is 4.79 Å². The molecule has 1 N–H and O–H groups in total. The second kappa shape index (κ2) is 5.32. The summed E-state index contributed by atoms with van der Waals surface area (Å²) in [4.78, 5) is 11.1. The minimum atomic E-state index is -0.604. The van der Waals surface area contributed by atoms with Crippen molar-refractivity contribution in [2.24, 2.45) is 0 Å². The summed E-state index contributed by atoms with van der Waals surface area (Å²) in [6.07, 6.45) is 0.181. The van der Waals surface area contributed by atoms with E-state index in [0.29, 0.717) is 5.69 Å². The van der Waals surface area contributed by atoms with Crippen molar-refractivity contribution in [3.8, 4) is 6.07 Å². The van der Waals surface area contributed by atoms with Gasteiger partial charge in [-0.2, -0.15) is 5.26 Å². The molecule has 0 spiro atoms. The van der Waals surface area contributed by atoms with Gasteiger partial charge in [-0.05, 0) is 18.2 Å². The standard InChI is InChI=1S/C10H8ClFN2O/c11-4-3-10(15)14-8-1-2-9(12)7(5-8)6-13/h1-2,5H,3-4H2,(H,14,15). The quantitative estimate of drug-likeness (QED) is 0.804. The van der Waals surface area contributed by atoms with Crippen LogP contribution in [-0.2, 0) is 4.79 Å². The van der Waals surface area contributed by atoms with E-state index >= 15 is 0 Å². The summed E-state index contributed by atoms with van der Waals surface area (Å²) in [5.41, 5.74) is 0.293. The highest BCUT2D eigenvalue weighted by molar-refractivity contribution is 6.19. The van der Waals surface area contributed by atoms with Gasteiger partial charge in [0.25, 0.3) is 0 Å². The van der Waals surface area contributed by atoms with Crippen molar-refractivity contribution in [2.75, 3.05) is 11.2 Å². The lowest BCUT2D eigenvalue weighted by Crippen LogP contribution is -2.11. The van der Waals surface area contributed by atoms with E-state index in [4.69, 9.17) is 16.9 Å². The molecule has 0 saturated carbocycles. The lowest BCUT2D eigenvalue weighted by Gasteiger charge is -2.04. The average Bonchev–Trinajstić information content (AvgIpc) is 2.21. The zero-order chi connectivity index (χ0) is 11.3. The Labute approximate surface area is 91.5 Å². The van der Waals surface area contributed by atoms with Gasteiger partial charge in [-0.1, -0.05) is 0 Å². The van der Waals surface area contributed by atoms with Crippen LogP contribution in [0, 0.1) is 17.1 Å². The van der Waals surface area contributed by atoms with Crippen molar-refractivity contribution in [2.45, 2.75) is 6.42 Å². The summed E-state index contributed by atoms with van der Waals surface area (Å²) in [6.45, 7) is 0. The maximum Gasteiger partial charge on any atom is 0.225 e. The van der Waals surface area contributed by atoms with Gasteiger partial charge in [0, 0.05) is 18.0 Å². The van der Waals surface area contributed by atoms with Crippen LogP contribution < -0.4 is 5.32 Å². The van der Waals surface area contributed by atoms with Gasteiger partial charge in [-0.15, -0.1) is 11.6 Å². The number of nitrogens with zero attached hydrogens (tertiary/aromatic N) is 1. The van der Waals surface area contributed by atoms with E-state index in [1.54, 1.807) is 6.07 Å². The summed E-state index contributed by atoms with van der Waals surface area (Å²) < 4.78 is 12.9. The fourth-order valence-corrected chi connectivity index (χ4v) is 1.17. The Kier molecular flexibility index (Phi) is 4.07. The smallest absolute Gasteiger partial charge is 0.225 e. The number of hydrogen-bond acceptors (Lipinski definition) is 2. The molecule has 0 atom stereocenters. The Hall–Kier alpha value is -1.60. The Morgan fingerprint density at radius 2 is 2.33 bits per heavy atom. The van der Waals surface area contributed by atoms with Gasteiger partial charge in [0.05, 0.1) is 5.56 Å². The maximum atomic E-state index is 12.9. The molecule has 0 fully saturated rings. The molecule has 0 aliphatic carbocycles. The number of carbonyl (C=O) groups excluding carboxylic acids is 1. The van der Waals surface area contributed by atoms with E-state index in [2.05, 4.69) is 5.32 Å². The number of nitriles is 1. The van der Waals surface area contributed by atoms with Crippen LogP contribution >= 0.6 is 11.6 Å². The first-order valence-corrected chi connectivity index (χ1v) is 4.76. The summed E-state index contributed by atoms with van der Waals surface area (Å²) in [6, 6.07) is 5.49. The summed E-state index contributed by atoms with van der Waals surface area (Å²) >= 11 is 5.37. The number of benzene rings is 1. The van der Waals surface area contributed by atoms with Crippen LogP contribution in [0.2, 0.25) is 0 Å². The number of anilines is 1. The molecule has 1 rings (SSSR count). The minimum Gasteiger partial charge on any atom is -0.326 e. The van der Waals surface area contributed by atoms with E-state index in [1.165, 1.54) is 12.1 Å². The molecular weight excluding hydrogens is 219 g/mol. The second-order valence-corrected chi connectivity index (χ2v) is 3.17. The number of nitrogens with one attached hydrogen (secondary N) is 1. The largest absolute Gasteiger partial charge is 0.326 e. The Morgan fingerprint density at radius 1 is 1.60 bits per heavy atom. The summed E-state index contributed by atoms with van der Waals surface area (Å²) in [5, 5.41) is 11.1. The molecule has 0 heterocycles. The van der Waals surface area contributed by atoms with Gasteiger partial charge >= 0.3 is 0 Å². The third kappa shape index (κ3) is 3.22. The number of carbonyl (C=O) groups is 1. The highest BCUT2D eigenvalue weighted by Crippen LogP contribution is 2.14. The molecule has 0 aromatic heterocycles. The third-order valence-electron chi connectivity index (χ3n) is 1.69. The average molecular weight is 227 g/mol. The first-order valence-electron chi connectivity index (χ1n) is 4.23. The van der Waals surface area contributed by atoms with Crippen molar-refractivity contribution in [3.63, 3.8) is 0 Å². The molecule has 0 aliphatic heterocycles. The molecule has 1 aromatic rings. The van der Waals surface area contributed by atoms with Gasteiger partial charge in [0.2, 0.25) is 5.91 Å². The predicted octanol–water partition coefficient (Wildman–Crippen LogP) is 2.26. The zero-order valence-corrected chi connectivity index (χ0v) is 8.51. The van der Waals surface area contributed by atoms with E-state index in [1.807, 2.05) is 0 Å². The lowest BCUT2D eigenvalue weighted by molar-refractivity contribution is -0.115. The van der Waals surface area contributed by atoms with Crippen molar-refractivity contribution in [1.82, 2.24) is 0 Å². The minimum absolute atomic E-state index is 0.0985. The van der Waals surface area contributed by atoms with Crippen LogP contribution in [-0.4, -0.2) is 11.8 Å². The molecule has 0 saturated heterocycles. The first-order chi connectivity index (χ1) is 7.17. The van der Waals surface area contributed by atoms with Crippen LogP contribution in [0.1, 0.15) is 12.0 Å². The molecule has 78 valence electrons. The monoisotopic (exact) mass is 226 g/mol. The molecule has 0 aliphatic rings. The molecule has 0 radical (unpaired) electrons. The van der Waals surface area contributed by atoms with Crippen molar-refractivity contribution in [3.05, 3.63) is 29.6 Å². The van der Waals surface area contributed by atoms with Crippen LogP contribution in [0.15, 0.2) is 18.2 Å². The lowest BCUT2D eigenvalue weighted by atomic mass is 10.2. The first kappa shape index (κ1) is 11.5. The van der Waals surface area contributed by atoms with Crippen molar-refractivity contribution >= 4 is 23.2 Å². The van der Waals surface area contributed by atoms with Crippen LogP contribution in [0.5, 0.6) is 0 Å². The summed E-state index contributed by atoms with van der Waals surface area (Å²) in [5.74, 6) is -0.647. The number of rotatable bonds is 3. The van der Waals surface area contributed by atoms with Gasteiger partial charge in [-0.25, -0.2) is 4.39 Å². The predicted molar refractivity (Wildman–Crippen MR) is 55.1 cm³/mol. The van der Waals surface area contributed by atoms with E-state index in [0.717, 1.165) is 6.07 Å². The highest BCUT2D eigenvalue weighted by atomic mass is 35.5. The van der Waals surface area contributed by atoms with Crippen molar-refractivity contribution in [1.29, 1.82) is 5.26 Å². The molecular formula is C10H8ClFN2O. The Bertz CT molecular complexity index is 414. The Morgan fingerprint density at radius 3 is 2.93 bits per heavy atom. The molecule has 0 unspecified atom stereocenters. The molecule has 1 amide bonds. The van der Waals surface area contributed by atoms with Gasteiger partial charge in [0.1, 0.15) is 11.9 Å². The second-order valence-electron chi connectivity index (χ2n) is 2.79. The highest BCUT2D eigenvalue weighted by Gasteiger charge is 2.05. The van der Waals surface area contributed by atoms with Crippen LogP contribution in [0.3, 0.4) is 0 Å². The molecule has 0 bridgehead atoms. The van der Waals surface area contributed by atoms with Crippen LogP contribution in [0.25, 0.3) is 0 Å². The fraction of sp³-hybridized carbons (Fsp3) is 0.200. The number of hydrogen-bond donors (Lipinski definition) is 1. The van der Waals surface area contributed by atoms with Crippen LogP contribution in [0.4, 0.5) is 10.1 Å². The number of alkyl halides is 1. The number of halogens is 2. The SMILES string of the molecule is N#Cc1cc(NC(=O)CCCl)ccc1F. The fourth-order valence-electron chi connectivity index (χ4n) is 0.998. The Balaban J connectivity index is 2.80. The van der Waals surface area contributed by atoms with Gasteiger partial charge in [0.15, 0.2) is 0 Å². The molecule has 1 aromatic carbocycles. The molecule has 5 heteroatoms. The van der Waals surface area contributed by atoms with E-state index < -0.39 is 5.82 Å². The van der Waals surface area contributed by atoms with E-state index in [9.17, 15) is 9.18 Å². The zero-order valence-electron chi connectivity index (χ0n) is 7.76. The topological polar surface area (TPSA) is 52.9 Å². The molecule has 15 heavy (non-hydrogen) atoms. The third-order valence-corrected chi connectivity index (χ3v) is 1.88. The molecule has 3 nitrogen and oxygen atoms in total. The maximum absolute atomic E-state index is 12.9. The van der Waals surface area contributed by atoms with Gasteiger partial charge < -0.3 is 5.32 Å². The normalized spacial score (nSPS) is 9.40.